The number of nitrogen functional groups attached to an aromatic ring is 1. The van der Waals surface area contributed by atoms with Crippen molar-refractivity contribution < 1.29 is 9.18 Å². The first-order valence-corrected chi connectivity index (χ1v) is 6.88. The molecule has 0 fully saturated rings. The van der Waals surface area contributed by atoms with Crippen molar-refractivity contribution in [3.63, 3.8) is 0 Å². The fourth-order valence-corrected chi connectivity index (χ4v) is 2.48. The van der Waals surface area contributed by atoms with Gasteiger partial charge in [-0.1, -0.05) is 23.7 Å². The van der Waals surface area contributed by atoms with E-state index in [4.69, 9.17) is 17.3 Å². The summed E-state index contributed by atoms with van der Waals surface area (Å²) in [5, 5.41) is 3.14. The number of hydrogen-bond donors (Lipinski definition) is 2. The van der Waals surface area contributed by atoms with Gasteiger partial charge in [-0.25, -0.2) is 4.39 Å². The zero-order valence-electron chi connectivity index (χ0n) is 10.5. The molecule has 0 unspecified atom stereocenters. The largest absolute Gasteiger partial charge is 0.396 e. The molecule has 0 aliphatic rings. The molecule has 20 heavy (non-hydrogen) atoms. The predicted molar refractivity (Wildman–Crippen MR) is 82.7 cm³/mol. The van der Waals surface area contributed by atoms with Gasteiger partial charge in [-0.3, -0.25) is 4.79 Å². The number of rotatable bonds is 2. The molecule has 2 aromatic carbocycles. The highest BCUT2D eigenvalue weighted by Gasteiger charge is 2.15. The number of halogens is 3. The van der Waals surface area contributed by atoms with Crippen molar-refractivity contribution in [1.82, 2.24) is 0 Å². The number of anilines is 2. The third-order valence-electron chi connectivity index (χ3n) is 2.79. The summed E-state index contributed by atoms with van der Waals surface area (Å²) in [7, 11) is 0. The molecule has 6 heteroatoms. The second kappa shape index (κ2) is 5.81. The minimum atomic E-state index is -0.581. The van der Waals surface area contributed by atoms with Crippen molar-refractivity contribution in [3.8, 4) is 0 Å². The number of nitrogens with one attached hydrogen (secondary N) is 1. The zero-order valence-corrected chi connectivity index (χ0v) is 12.8. The molecule has 1 amide bonds. The van der Waals surface area contributed by atoms with Crippen LogP contribution in [0.4, 0.5) is 15.8 Å². The van der Waals surface area contributed by atoms with Crippen molar-refractivity contribution in [1.29, 1.82) is 0 Å². The second-order valence-corrected chi connectivity index (χ2v) is 5.50. The van der Waals surface area contributed by atoms with Gasteiger partial charge < -0.3 is 11.1 Å². The summed E-state index contributed by atoms with van der Waals surface area (Å²) in [6.45, 7) is 1.83. The van der Waals surface area contributed by atoms with Crippen LogP contribution in [-0.4, -0.2) is 5.91 Å². The molecule has 0 aromatic heterocycles. The van der Waals surface area contributed by atoms with E-state index in [1.807, 2.05) is 13.0 Å². The van der Waals surface area contributed by atoms with Gasteiger partial charge in [0.2, 0.25) is 0 Å². The monoisotopic (exact) mass is 356 g/mol. The SMILES string of the molecule is Cc1cccc(Cl)c1NC(=O)c1cc(N)c(F)cc1Br. The third kappa shape index (κ3) is 2.94. The molecule has 2 aromatic rings. The Bertz CT molecular complexity index is 671. The predicted octanol–water partition coefficient (Wildman–Crippen LogP) is 4.38. The lowest BCUT2D eigenvalue weighted by Gasteiger charge is -2.12. The highest BCUT2D eigenvalue weighted by molar-refractivity contribution is 9.10. The van der Waals surface area contributed by atoms with Gasteiger partial charge in [0, 0.05) is 4.47 Å². The van der Waals surface area contributed by atoms with Gasteiger partial charge in [0.05, 0.1) is 22.0 Å². The van der Waals surface area contributed by atoms with Gasteiger partial charge in [0.1, 0.15) is 5.82 Å². The molecule has 3 N–H and O–H groups in total. The van der Waals surface area contributed by atoms with Crippen LogP contribution in [0.1, 0.15) is 15.9 Å². The second-order valence-electron chi connectivity index (χ2n) is 4.24. The van der Waals surface area contributed by atoms with E-state index in [2.05, 4.69) is 21.2 Å². The fraction of sp³-hybridized carbons (Fsp3) is 0.0714. The summed E-state index contributed by atoms with van der Waals surface area (Å²) in [4.78, 5) is 12.2. The Morgan fingerprint density at radius 1 is 1.40 bits per heavy atom. The van der Waals surface area contributed by atoms with Crippen LogP contribution >= 0.6 is 27.5 Å². The molecule has 0 saturated heterocycles. The van der Waals surface area contributed by atoms with E-state index in [9.17, 15) is 9.18 Å². The molecule has 0 atom stereocenters. The number of carbonyl (C=O) groups excluding carboxylic acids is 1. The van der Waals surface area contributed by atoms with Crippen LogP contribution in [0, 0.1) is 12.7 Å². The number of nitrogens with two attached hydrogens (primary N) is 1. The average Bonchev–Trinajstić information content (AvgIpc) is 2.38. The summed E-state index contributed by atoms with van der Waals surface area (Å²) in [6.07, 6.45) is 0. The molecule has 0 bridgehead atoms. The van der Waals surface area contributed by atoms with E-state index >= 15 is 0 Å². The van der Waals surface area contributed by atoms with Gasteiger partial charge in [0.25, 0.3) is 5.91 Å². The Morgan fingerprint density at radius 3 is 2.75 bits per heavy atom. The Morgan fingerprint density at radius 2 is 2.10 bits per heavy atom. The smallest absolute Gasteiger partial charge is 0.256 e. The normalized spacial score (nSPS) is 10.4. The van der Waals surface area contributed by atoms with E-state index in [1.54, 1.807) is 12.1 Å². The quantitative estimate of drug-likeness (QED) is 0.783. The van der Waals surface area contributed by atoms with Crippen molar-refractivity contribution >= 4 is 44.8 Å². The summed E-state index contributed by atoms with van der Waals surface area (Å²) >= 11 is 9.19. The van der Waals surface area contributed by atoms with Crippen LogP contribution < -0.4 is 11.1 Å². The molecular weight excluding hydrogens is 347 g/mol. The average molecular weight is 358 g/mol. The summed E-state index contributed by atoms with van der Waals surface area (Å²) in [6, 6.07) is 7.73. The highest BCUT2D eigenvalue weighted by atomic mass is 79.9. The van der Waals surface area contributed by atoms with Crippen molar-refractivity contribution in [3.05, 3.63) is 56.8 Å². The molecule has 3 nitrogen and oxygen atoms in total. The first-order chi connectivity index (χ1) is 9.40. The van der Waals surface area contributed by atoms with Gasteiger partial charge in [-0.05, 0) is 46.6 Å². The van der Waals surface area contributed by atoms with Crippen LogP contribution in [0.25, 0.3) is 0 Å². The van der Waals surface area contributed by atoms with E-state index in [1.165, 1.54) is 6.07 Å². The minimum Gasteiger partial charge on any atom is -0.396 e. The lowest BCUT2D eigenvalue weighted by molar-refractivity contribution is 0.102. The first kappa shape index (κ1) is 14.8. The maximum Gasteiger partial charge on any atom is 0.256 e. The van der Waals surface area contributed by atoms with Gasteiger partial charge in [-0.15, -0.1) is 0 Å². The Kier molecular flexibility index (Phi) is 4.30. The molecule has 0 aliphatic heterocycles. The van der Waals surface area contributed by atoms with Gasteiger partial charge in [-0.2, -0.15) is 0 Å². The van der Waals surface area contributed by atoms with Crippen molar-refractivity contribution in [2.75, 3.05) is 11.1 Å². The fourth-order valence-electron chi connectivity index (χ4n) is 1.71. The highest BCUT2D eigenvalue weighted by Crippen LogP contribution is 2.28. The molecule has 0 heterocycles. The molecule has 0 radical (unpaired) electrons. The maximum atomic E-state index is 13.3. The number of aryl methyl sites for hydroxylation is 1. The van der Waals surface area contributed by atoms with E-state index in [0.29, 0.717) is 15.2 Å². The van der Waals surface area contributed by atoms with E-state index < -0.39 is 11.7 Å². The van der Waals surface area contributed by atoms with Crippen LogP contribution in [0.5, 0.6) is 0 Å². The number of amides is 1. The molecule has 2 rings (SSSR count). The lowest BCUT2D eigenvalue weighted by Crippen LogP contribution is -2.14. The van der Waals surface area contributed by atoms with E-state index in [0.717, 1.165) is 11.6 Å². The first-order valence-electron chi connectivity index (χ1n) is 5.71. The molecular formula is C14H11BrClFN2O. The standard InChI is InChI=1S/C14H11BrClFN2O/c1-7-3-2-4-10(16)13(7)19-14(20)8-5-12(18)11(17)6-9(8)15/h2-6H,18H2,1H3,(H,19,20). The molecule has 0 aliphatic carbocycles. The third-order valence-corrected chi connectivity index (χ3v) is 3.76. The molecule has 0 spiro atoms. The minimum absolute atomic E-state index is 0.0887. The Labute approximate surface area is 129 Å². The number of para-hydroxylation sites is 1. The van der Waals surface area contributed by atoms with Crippen molar-refractivity contribution in [2.24, 2.45) is 0 Å². The van der Waals surface area contributed by atoms with Crippen LogP contribution in [0.2, 0.25) is 5.02 Å². The zero-order chi connectivity index (χ0) is 14.9. The van der Waals surface area contributed by atoms with Crippen LogP contribution in [0.15, 0.2) is 34.8 Å². The van der Waals surface area contributed by atoms with Gasteiger partial charge >= 0.3 is 0 Å². The van der Waals surface area contributed by atoms with Crippen LogP contribution in [-0.2, 0) is 0 Å². The van der Waals surface area contributed by atoms with Gasteiger partial charge in [0.15, 0.2) is 0 Å². The van der Waals surface area contributed by atoms with Crippen molar-refractivity contribution in [2.45, 2.75) is 6.92 Å². The lowest BCUT2D eigenvalue weighted by atomic mass is 10.1. The number of benzene rings is 2. The summed E-state index contributed by atoms with van der Waals surface area (Å²) in [5.74, 6) is -0.998. The van der Waals surface area contributed by atoms with E-state index in [-0.39, 0.29) is 11.3 Å². The Hall–Kier alpha value is -1.59. The topological polar surface area (TPSA) is 55.1 Å². The molecule has 104 valence electrons. The summed E-state index contributed by atoms with van der Waals surface area (Å²) in [5.41, 5.74) is 6.98. The Balaban J connectivity index is 2.36. The number of hydrogen-bond acceptors (Lipinski definition) is 2. The summed E-state index contributed by atoms with van der Waals surface area (Å²) < 4.78 is 13.6. The maximum absolute atomic E-state index is 13.3. The molecule has 0 saturated carbocycles. The number of carbonyl (C=O) groups is 1. The van der Waals surface area contributed by atoms with Crippen LogP contribution in [0.3, 0.4) is 0 Å².